The Kier molecular flexibility index (Phi) is 7.16. The Bertz CT molecular complexity index is 265. The van der Waals surface area contributed by atoms with Gasteiger partial charge in [0.2, 0.25) is 0 Å². The quantitative estimate of drug-likeness (QED) is 0.629. The van der Waals surface area contributed by atoms with E-state index in [2.05, 4.69) is 17.6 Å². The molecule has 1 aliphatic carbocycles. The number of ether oxygens (including phenoxy) is 1. The molecule has 1 atom stereocenters. The number of carbonyl (C=O) groups excluding carboxylic acids is 1. The highest BCUT2D eigenvalue weighted by molar-refractivity contribution is 5.73. The first-order valence-corrected chi connectivity index (χ1v) is 7.30. The van der Waals surface area contributed by atoms with Crippen LogP contribution in [0.1, 0.15) is 45.4 Å². The summed E-state index contributed by atoms with van der Waals surface area (Å²) in [5.41, 5.74) is 0.312. The van der Waals surface area contributed by atoms with Crippen molar-refractivity contribution in [3.63, 3.8) is 0 Å². The third kappa shape index (κ3) is 5.78. The summed E-state index contributed by atoms with van der Waals surface area (Å²) < 4.78 is 4.83. The SMILES string of the molecule is CCC1(CNC(=O)NCCC(O)COC)CCCC1. The molecule has 0 bridgehead atoms. The lowest BCUT2D eigenvalue weighted by atomic mass is 9.83. The monoisotopic (exact) mass is 272 g/mol. The molecular formula is C14H28N2O3. The Hall–Kier alpha value is -0.810. The van der Waals surface area contributed by atoms with Gasteiger partial charge in [-0.2, -0.15) is 0 Å². The maximum Gasteiger partial charge on any atom is 0.314 e. The number of urea groups is 1. The van der Waals surface area contributed by atoms with Crippen molar-refractivity contribution in [2.75, 3.05) is 26.8 Å². The maximum atomic E-state index is 11.7. The average Bonchev–Trinajstić information content (AvgIpc) is 2.86. The second-order valence-electron chi connectivity index (χ2n) is 5.57. The normalized spacial score (nSPS) is 19.1. The lowest BCUT2D eigenvalue weighted by Crippen LogP contribution is -2.42. The molecule has 1 saturated carbocycles. The summed E-state index contributed by atoms with van der Waals surface area (Å²) in [4.78, 5) is 11.7. The molecule has 0 aromatic carbocycles. The molecule has 1 unspecified atom stereocenters. The van der Waals surface area contributed by atoms with Crippen LogP contribution in [0.5, 0.6) is 0 Å². The lowest BCUT2D eigenvalue weighted by molar-refractivity contribution is 0.0598. The van der Waals surface area contributed by atoms with Crippen molar-refractivity contribution in [3.8, 4) is 0 Å². The van der Waals surface area contributed by atoms with E-state index in [9.17, 15) is 9.90 Å². The molecule has 0 spiro atoms. The molecule has 0 radical (unpaired) electrons. The highest BCUT2D eigenvalue weighted by atomic mass is 16.5. The average molecular weight is 272 g/mol. The molecule has 0 heterocycles. The topological polar surface area (TPSA) is 70.6 Å². The number of hydrogen-bond donors (Lipinski definition) is 3. The van der Waals surface area contributed by atoms with Gasteiger partial charge in [0.25, 0.3) is 0 Å². The minimum Gasteiger partial charge on any atom is -0.391 e. The predicted molar refractivity (Wildman–Crippen MR) is 75.1 cm³/mol. The summed E-state index contributed by atoms with van der Waals surface area (Å²) in [6.45, 7) is 3.74. The van der Waals surface area contributed by atoms with Gasteiger partial charge in [-0.05, 0) is 31.1 Å². The molecule has 19 heavy (non-hydrogen) atoms. The van der Waals surface area contributed by atoms with E-state index in [-0.39, 0.29) is 6.03 Å². The summed E-state index contributed by atoms with van der Waals surface area (Å²) in [7, 11) is 1.55. The van der Waals surface area contributed by atoms with Crippen molar-refractivity contribution in [1.82, 2.24) is 10.6 Å². The van der Waals surface area contributed by atoms with E-state index in [1.54, 1.807) is 7.11 Å². The van der Waals surface area contributed by atoms with Gasteiger partial charge in [-0.15, -0.1) is 0 Å². The van der Waals surface area contributed by atoms with E-state index in [1.807, 2.05) is 0 Å². The van der Waals surface area contributed by atoms with Crippen LogP contribution in [0.2, 0.25) is 0 Å². The second kappa shape index (κ2) is 8.38. The van der Waals surface area contributed by atoms with Crippen LogP contribution in [0.15, 0.2) is 0 Å². The van der Waals surface area contributed by atoms with Gasteiger partial charge in [-0.3, -0.25) is 0 Å². The first-order chi connectivity index (χ1) is 9.12. The van der Waals surface area contributed by atoms with E-state index in [0.29, 0.717) is 25.0 Å². The van der Waals surface area contributed by atoms with E-state index < -0.39 is 6.10 Å². The molecule has 1 rings (SSSR count). The molecule has 1 aliphatic rings. The zero-order valence-corrected chi connectivity index (χ0v) is 12.2. The second-order valence-corrected chi connectivity index (χ2v) is 5.57. The van der Waals surface area contributed by atoms with Crippen molar-refractivity contribution in [1.29, 1.82) is 0 Å². The fourth-order valence-electron chi connectivity index (χ4n) is 2.74. The zero-order valence-electron chi connectivity index (χ0n) is 12.2. The Balaban J connectivity index is 2.14. The number of aliphatic hydroxyl groups excluding tert-OH is 1. The number of methoxy groups -OCH3 is 1. The van der Waals surface area contributed by atoms with Crippen molar-refractivity contribution in [2.24, 2.45) is 5.41 Å². The Morgan fingerprint density at radius 2 is 2.05 bits per heavy atom. The van der Waals surface area contributed by atoms with Gasteiger partial charge in [-0.1, -0.05) is 19.8 Å². The van der Waals surface area contributed by atoms with E-state index in [4.69, 9.17) is 4.74 Å². The van der Waals surface area contributed by atoms with Crippen LogP contribution < -0.4 is 10.6 Å². The molecule has 2 amide bonds. The number of amides is 2. The molecule has 0 saturated heterocycles. The van der Waals surface area contributed by atoms with Crippen molar-refractivity contribution in [2.45, 2.75) is 51.6 Å². The summed E-state index contributed by atoms with van der Waals surface area (Å²) >= 11 is 0. The van der Waals surface area contributed by atoms with E-state index >= 15 is 0 Å². The molecule has 5 heteroatoms. The van der Waals surface area contributed by atoms with E-state index in [1.165, 1.54) is 25.7 Å². The summed E-state index contributed by atoms with van der Waals surface area (Å²) in [5.74, 6) is 0. The van der Waals surface area contributed by atoms with Crippen LogP contribution >= 0.6 is 0 Å². The van der Waals surface area contributed by atoms with Crippen molar-refractivity contribution >= 4 is 6.03 Å². The van der Waals surface area contributed by atoms with Gasteiger partial charge < -0.3 is 20.5 Å². The van der Waals surface area contributed by atoms with Crippen LogP contribution in [0.25, 0.3) is 0 Å². The number of hydrogen-bond acceptors (Lipinski definition) is 3. The van der Waals surface area contributed by atoms with Gasteiger partial charge in [0, 0.05) is 20.2 Å². The number of rotatable bonds is 8. The van der Waals surface area contributed by atoms with Crippen LogP contribution in [0, 0.1) is 5.41 Å². The molecule has 1 fully saturated rings. The molecule has 0 aromatic rings. The maximum absolute atomic E-state index is 11.7. The smallest absolute Gasteiger partial charge is 0.314 e. The van der Waals surface area contributed by atoms with Crippen LogP contribution in [0.4, 0.5) is 4.79 Å². The Morgan fingerprint density at radius 1 is 1.37 bits per heavy atom. The van der Waals surface area contributed by atoms with Crippen molar-refractivity contribution < 1.29 is 14.6 Å². The minimum atomic E-state index is -0.512. The molecule has 112 valence electrons. The minimum absolute atomic E-state index is 0.135. The van der Waals surface area contributed by atoms with E-state index in [0.717, 1.165) is 13.0 Å². The zero-order chi connectivity index (χ0) is 14.1. The molecule has 5 nitrogen and oxygen atoms in total. The van der Waals surface area contributed by atoms with Gasteiger partial charge >= 0.3 is 6.03 Å². The fourth-order valence-corrected chi connectivity index (χ4v) is 2.74. The summed E-state index contributed by atoms with van der Waals surface area (Å²) in [6.07, 6.45) is 6.12. The van der Waals surface area contributed by atoms with Gasteiger partial charge in [-0.25, -0.2) is 4.79 Å². The third-order valence-electron chi connectivity index (χ3n) is 4.16. The lowest BCUT2D eigenvalue weighted by Gasteiger charge is -2.27. The van der Waals surface area contributed by atoms with Crippen molar-refractivity contribution in [3.05, 3.63) is 0 Å². The Labute approximate surface area is 116 Å². The summed E-state index contributed by atoms with van der Waals surface area (Å²) in [5, 5.41) is 15.2. The van der Waals surface area contributed by atoms with Gasteiger partial charge in [0.1, 0.15) is 0 Å². The molecule has 3 N–H and O–H groups in total. The van der Waals surface area contributed by atoms with Crippen LogP contribution in [-0.2, 0) is 4.74 Å². The Morgan fingerprint density at radius 3 is 2.63 bits per heavy atom. The number of carbonyl (C=O) groups is 1. The largest absolute Gasteiger partial charge is 0.391 e. The number of aliphatic hydroxyl groups is 1. The highest BCUT2D eigenvalue weighted by Crippen LogP contribution is 2.40. The standard InChI is InChI=1S/C14H28N2O3/c1-3-14(7-4-5-8-14)11-16-13(18)15-9-6-12(17)10-19-2/h12,17H,3-11H2,1-2H3,(H2,15,16,18). The summed E-state index contributed by atoms with van der Waals surface area (Å²) in [6, 6.07) is -0.135. The molecule has 0 aromatic heterocycles. The van der Waals surface area contributed by atoms with Crippen LogP contribution in [0.3, 0.4) is 0 Å². The predicted octanol–water partition coefficient (Wildman–Crippen LogP) is 1.65. The first-order valence-electron chi connectivity index (χ1n) is 7.30. The third-order valence-corrected chi connectivity index (χ3v) is 4.16. The van der Waals surface area contributed by atoms with Crippen LogP contribution in [-0.4, -0.2) is 44.0 Å². The number of nitrogens with one attached hydrogen (secondary N) is 2. The van der Waals surface area contributed by atoms with Gasteiger partial charge in [0.05, 0.1) is 12.7 Å². The first kappa shape index (κ1) is 16.2. The van der Waals surface area contributed by atoms with Gasteiger partial charge in [0.15, 0.2) is 0 Å². The molecular weight excluding hydrogens is 244 g/mol. The fraction of sp³-hybridized carbons (Fsp3) is 0.929. The molecule has 0 aliphatic heterocycles. The highest BCUT2D eigenvalue weighted by Gasteiger charge is 2.32.